The van der Waals surface area contributed by atoms with Gasteiger partial charge in [0.15, 0.2) is 0 Å². The highest BCUT2D eigenvalue weighted by Gasteiger charge is 2.15. The van der Waals surface area contributed by atoms with E-state index < -0.39 is 5.97 Å². The molecular formula is C19H22N2O3. The van der Waals surface area contributed by atoms with Gasteiger partial charge >= 0.3 is 12.0 Å². The second-order valence-corrected chi connectivity index (χ2v) is 5.73. The zero-order valence-corrected chi connectivity index (χ0v) is 13.7. The Labute approximate surface area is 141 Å². The van der Waals surface area contributed by atoms with Crippen molar-refractivity contribution in [1.82, 2.24) is 5.32 Å². The highest BCUT2D eigenvalue weighted by Crippen LogP contribution is 2.13. The molecule has 0 radical (unpaired) electrons. The first-order chi connectivity index (χ1) is 11.5. The molecule has 2 aromatic carbocycles. The van der Waals surface area contributed by atoms with Crippen LogP contribution in [0.25, 0.3) is 0 Å². The molecule has 24 heavy (non-hydrogen) atoms. The summed E-state index contributed by atoms with van der Waals surface area (Å²) in [5.41, 5.74) is 2.77. The van der Waals surface area contributed by atoms with Crippen LogP contribution in [0.15, 0.2) is 54.6 Å². The van der Waals surface area contributed by atoms with E-state index in [4.69, 9.17) is 5.11 Å². The van der Waals surface area contributed by atoms with Crippen LogP contribution in [0.5, 0.6) is 0 Å². The third-order valence-corrected chi connectivity index (χ3v) is 3.76. The number of rotatable bonds is 7. The number of carboxylic acids is 1. The van der Waals surface area contributed by atoms with Gasteiger partial charge in [-0.3, -0.25) is 4.79 Å². The second-order valence-electron chi connectivity index (χ2n) is 5.73. The zero-order chi connectivity index (χ0) is 17.4. The van der Waals surface area contributed by atoms with Crippen LogP contribution in [0.1, 0.15) is 24.0 Å². The lowest BCUT2D eigenvalue weighted by Crippen LogP contribution is -2.39. The maximum absolute atomic E-state index is 12.2. The number of aliphatic carboxylic acids is 1. The van der Waals surface area contributed by atoms with E-state index in [1.165, 1.54) is 0 Å². The number of nitrogens with one attached hydrogen (secondary N) is 2. The summed E-state index contributed by atoms with van der Waals surface area (Å²) in [6.07, 6.45) is 0.989. The van der Waals surface area contributed by atoms with E-state index in [0.29, 0.717) is 12.8 Å². The van der Waals surface area contributed by atoms with Gasteiger partial charge in [-0.15, -0.1) is 0 Å². The van der Waals surface area contributed by atoms with Crippen LogP contribution in [0, 0.1) is 6.92 Å². The summed E-state index contributed by atoms with van der Waals surface area (Å²) in [4.78, 5) is 23.1. The molecule has 0 aliphatic heterocycles. The van der Waals surface area contributed by atoms with Gasteiger partial charge in [0.25, 0.3) is 0 Å². The standard InChI is InChI=1S/C19H22N2O3/c1-14-7-5-6-10-17(14)21-19(24)20-16(11-12-18(22)23)13-15-8-3-2-4-9-15/h2-10,16H,11-13H2,1H3,(H,22,23)(H2,20,21,24). The molecule has 126 valence electrons. The summed E-state index contributed by atoms with van der Waals surface area (Å²) in [7, 11) is 0. The minimum absolute atomic E-state index is 0.0160. The van der Waals surface area contributed by atoms with E-state index in [0.717, 1.165) is 16.8 Å². The van der Waals surface area contributed by atoms with Crippen LogP contribution in [-0.2, 0) is 11.2 Å². The van der Waals surface area contributed by atoms with E-state index in [9.17, 15) is 9.59 Å². The molecule has 0 aromatic heterocycles. The molecule has 0 heterocycles. The Bertz CT molecular complexity index is 686. The Morgan fingerprint density at radius 1 is 1.04 bits per heavy atom. The Kier molecular flexibility index (Phi) is 6.37. The number of urea groups is 1. The van der Waals surface area contributed by atoms with Crippen molar-refractivity contribution in [1.29, 1.82) is 0 Å². The smallest absolute Gasteiger partial charge is 0.319 e. The van der Waals surface area contributed by atoms with Gasteiger partial charge in [0.2, 0.25) is 0 Å². The van der Waals surface area contributed by atoms with Gasteiger partial charge in [-0.05, 0) is 37.0 Å². The quantitative estimate of drug-likeness (QED) is 0.727. The number of carboxylic acid groups (broad SMARTS) is 1. The van der Waals surface area contributed by atoms with Crippen LogP contribution >= 0.6 is 0 Å². The minimum Gasteiger partial charge on any atom is -0.481 e. The van der Waals surface area contributed by atoms with Crippen LogP contribution in [0.4, 0.5) is 10.5 Å². The van der Waals surface area contributed by atoms with Gasteiger partial charge in [-0.25, -0.2) is 4.79 Å². The fourth-order valence-electron chi connectivity index (χ4n) is 2.48. The Balaban J connectivity index is 1.99. The summed E-state index contributed by atoms with van der Waals surface area (Å²) < 4.78 is 0. The van der Waals surface area contributed by atoms with Crippen molar-refractivity contribution < 1.29 is 14.7 Å². The molecule has 0 saturated carbocycles. The molecule has 0 bridgehead atoms. The zero-order valence-electron chi connectivity index (χ0n) is 13.7. The molecule has 1 unspecified atom stereocenters. The van der Waals surface area contributed by atoms with Gasteiger partial charge in [-0.2, -0.15) is 0 Å². The summed E-state index contributed by atoms with van der Waals surface area (Å²) in [5, 5.41) is 14.6. The molecule has 2 rings (SSSR count). The normalized spacial score (nSPS) is 11.5. The molecule has 5 nitrogen and oxygen atoms in total. The van der Waals surface area contributed by atoms with Crippen molar-refractivity contribution in [3.8, 4) is 0 Å². The van der Waals surface area contributed by atoms with Gasteiger partial charge in [0, 0.05) is 18.2 Å². The predicted octanol–water partition coefficient (Wildman–Crippen LogP) is 3.59. The third-order valence-electron chi connectivity index (χ3n) is 3.76. The van der Waals surface area contributed by atoms with Crippen LogP contribution < -0.4 is 10.6 Å². The molecule has 0 aliphatic carbocycles. The Morgan fingerprint density at radius 2 is 1.71 bits per heavy atom. The molecule has 2 amide bonds. The van der Waals surface area contributed by atoms with Crippen molar-refractivity contribution in [2.75, 3.05) is 5.32 Å². The third kappa shape index (κ3) is 5.76. The number of carbonyl (C=O) groups excluding carboxylic acids is 1. The number of benzene rings is 2. The van der Waals surface area contributed by atoms with Gasteiger partial charge in [0.1, 0.15) is 0 Å². The Hall–Kier alpha value is -2.82. The average Bonchev–Trinajstić information content (AvgIpc) is 2.56. The first-order valence-corrected chi connectivity index (χ1v) is 7.93. The number of hydrogen-bond donors (Lipinski definition) is 3. The van der Waals surface area contributed by atoms with E-state index in [2.05, 4.69) is 10.6 Å². The van der Waals surface area contributed by atoms with Crippen molar-refractivity contribution in [3.63, 3.8) is 0 Å². The highest BCUT2D eigenvalue weighted by atomic mass is 16.4. The lowest BCUT2D eigenvalue weighted by molar-refractivity contribution is -0.137. The predicted molar refractivity (Wildman–Crippen MR) is 94.1 cm³/mol. The van der Waals surface area contributed by atoms with Crippen molar-refractivity contribution in [2.45, 2.75) is 32.2 Å². The summed E-state index contributed by atoms with van der Waals surface area (Å²) in [6.45, 7) is 1.92. The first kappa shape index (κ1) is 17.5. The fraction of sp³-hybridized carbons (Fsp3) is 0.263. The SMILES string of the molecule is Cc1ccccc1NC(=O)NC(CCC(=O)O)Cc1ccccc1. The van der Waals surface area contributed by atoms with Crippen LogP contribution in [-0.4, -0.2) is 23.1 Å². The number of anilines is 1. The fourth-order valence-corrected chi connectivity index (χ4v) is 2.48. The summed E-state index contributed by atoms with van der Waals surface area (Å²) in [5.74, 6) is -0.867. The van der Waals surface area contributed by atoms with Crippen molar-refractivity contribution in [2.24, 2.45) is 0 Å². The molecule has 0 saturated heterocycles. The first-order valence-electron chi connectivity index (χ1n) is 7.93. The van der Waals surface area contributed by atoms with Crippen molar-refractivity contribution in [3.05, 3.63) is 65.7 Å². The van der Waals surface area contributed by atoms with Gasteiger partial charge in [0.05, 0.1) is 0 Å². The maximum atomic E-state index is 12.2. The van der Waals surface area contributed by atoms with Crippen LogP contribution in [0.3, 0.4) is 0 Å². The molecule has 5 heteroatoms. The Morgan fingerprint density at radius 3 is 2.38 bits per heavy atom. The summed E-state index contributed by atoms with van der Waals surface area (Å²) in [6, 6.07) is 16.7. The van der Waals surface area contributed by atoms with E-state index in [-0.39, 0.29) is 18.5 Å². The average molecular weight is 326 g/mol. The van der Waals surface area contributed by atoms with Crippen LogP contribution in [0.2, 0.25) is 0 Å². The minimum atomic E-state index is -0.867. The molecule has 1 atom stereocenters. The lowest BCUT2D eigenvalue weighted by Gasteiger charge is -2.19. The maximum Gasteiger partial charge on any atom is 0.319 e. The van der Waals surface area contributed by atoms with E-state index >= 15 is 0 Å². The topological polar surface area (TPSA) is 78.4 Å². The number of para-hydroxylation sites is 1. The molecule has 2 aromatic rings. The largest absolute Gasteiger partial charge is 0.481 e. The van der Waals surface area contributed by atoms with Gasteiger partial charge in [-0.1, -0.05) is 48.5 Å². The number of aryl methyl sites for hydroxylation is 1. The molecule has 0 spiro atoms. The summed E-state index contributed by atoms with van der Waals surface area (Å²) >= 11 is 0. The van der Waals surface area contributed by atoms with E-state index in [1.54, 1.807) is 0 Å². The number of carbonyl (C=O) groups is 2. The number of amides is 2. The highest BCUT2D eigenvalue weighted by molar-refractivity contribution is 5.90. The molecule has 3 N–H and O–H groups in total. The number of hydrogen-bond acceptors (Lipinski definition) is 2. The second kappa shape index (κ2) is 8.72. The monoisotopic (exact) mass is 326 g/mol. The van der Waals surface area contributed by atoms with Crippen molar-refractivity contribution >= 4 is 17.7 Å². The van der Waals surface area contributed by atoms with Gasteiger partial charge < -0.3 is 15.7 Å². The molecule has 0 aliphatic rings. The molecule has 0 fully saturated rings. The molecular weight excluding hydrogens is 304 g/mol. The van der Waals surface area contributed by atoms with E-state index in [1.807, 2.05) is 61.5 Å². The lowest BCUT2D eigenvalue weighted by atomic mass is 10.0.